The van der Waals surface area contributed by atoms with Crippen LogP contribution in [0.25, 0.3) is 0 Å². The monoisotopic (exact) mass is 196 g/mol. The summed E-state index contributed by atoms with van der Waals surface area (Å²) in [6, 6.07) is 0. The third kappa shape index (κ3) is 2.99. The standard InChI is InChI=1S/C8H11F3O2/c9-8(10,11)5-7(6-12)1-3-13-4-2-7/h6H,1-5H2. The highest BCUT2D eigenvalue weighted by Gasteiger charge is 2.43. The van der Waals surface area contributed by atoms with E-state index in [1.54, 1.807) is 0 Å². The molecule has 0 unspecified atom stereocenters. The van der Waals surface area contributed by atoms with E-state index < -0.39 is 18.0 Å². The van der Waals surface area contributed by atoms with Gasteiger partial charge in [0.05, 0.1) is 6.42 Å². The molecule has 76 valence electrons. The van der Waals surface area contributed by atoms with Gasteiger partial charge in [-0.2, -0.15) is 13.2 Å². The minimum atomic E-state index is -4.27. The molecule has 13 heavy (non-hydrogen) atoms. The number of aldehydes is 1. The van der Waals surface area contributed by atoms with Gasteiger partial charge in [-0.1, -0.05) is 0 Å². The average molecular weight is 196 g/mol. The molecular weight excluding hydrogens is 185 g/mol. The third-order valence-electron chi connectivity index (χ3n) is 2.29. The Hall–Kier alpha value is -0.580. The minimum absolute atomic E-state index is 0.177. The van der Waals surface area contributed by atoms with E-state index in [9.17, 15) is 18.0 Å². The second-order valence-electron chi connectivity index (χ2n) is 3.38. The van der Waals surface area contributed by atoms with Gasteiger partial charge >= 0.3 is 6.18 Å². The molecule has 1 heterocycles. The molecule has 0 atom stereocenters. The number of carbonyl (C=O) groups is 1. The molecule has 0 aromatic heterocycles. The van der Waals surface area contributed by atoms with Crippen molar-refractivity contribution in [3.63, 3.8) is 0 Å². The van der Waals surface area contributed by atoms with Gasteiger partial charge in [0.2, 0.25) is 0 Å². The quantitative estimate of drug-likeness (QED) is 0.631. The minimum Gasteiger partial charge on any atom is -0.381 e. The molecular formula is C8H11F3O2. The molecule has 1 saturated heterocycles. The molecule has 0 N–H and O–H groups in total. The fourth-order valence-corrected chi connectivity index (χ4v) is 1.51. The van der Waals surface area contributed by atoms with Crippen LogP contribution in [0.4, 0.5) is 13.2 Å². The summed E-state index contributed by atoms with van der Waals surface area (Å²) < 4.78 is 41.1. The van der Waals surface area contributed by atoms with Crippen LogP contribution in [0.5, 0.6) is 0 Å². The van der Waals surface area contributed by atoms with Crippen molar-refractivity contribution < 1.29 is 22.7 Å². The van der Waals surface area contributed by atoms with Crippen molar-refractivity contribution in [2.75, 3.05) is 13.2 Å². The van der Waals surface area contributed by atoms with Gasteiger partial charge in [-0.25, -0.2) is 0 Å². The lowest BCUT2D eigenvalue weighted by molar-refractivity contribution is -0.171. The van der Waals surface area contributed by atoms with Gasteiger partial charge in [0, 0.05) is 18.6 Å². The highest BCUT2D eigenvalue weighted by atomic mass is 19.4. The molecule has 1 aliphatic heterocycles. The van der Waals surface area contributed by atoms with E-state index in [1.165, 1.54) is 0 Å². The Bertz CT molecular complexity index is 182. The van der Waals surface area contributed by atoms with Crippen molar-refractivity contribution in [2.24, 2.45) is 5.41 Å². The van der Waals surface area contributed by atoms with Gasteiger partial charge in [0.1, 0.15) is 6.29 Å². The number of alkyl halides is 3. The molecule has 0 saturated carbocycles. The van der Waals surface area contributed by atoms with Gasteiger partial charge in [-0.15, -0.1) is 0 Å². The first-order valence-electron chi connectivity index (χ1n) is 4.08. The smallest absolute Gasteiger partial charge is 0.381 e. The maximum atomic E-state index is 12.1. The first kappa shape index (κ1) is 10.5. The molecule has 1 fully saturated rings. The number of ether oxygens (including phenoxy) is 1. The molecule has 2 nitrogen and oxygen atoms in total. The van der Waals surface area contributed by atoms with Crippen molar-refractivity contribution in [1.29, 1.82) is 0 Å². The lowest BCUT2D eigenvalue weighted by Gasteiger charge is -2.32. The maximum absolute atomic E-state index is 12.1. The summed E-state index contributed by atoms with van der Waals surface area (Å²) >= 11 is 0. The van der Waals surface area contributed by atoms with Gasteiger partial charge in [-0.05, 0) is 12.8 Å². The van der Waals surface area contributed by atoms with Crippen molar-refractivity contribution >= 4 is 6.29 Å². The van der Waals surface area contributed by atoms with E-state index in [1.807, 2.05) is 0 Å². The Kier molecular flexibility index (Phi) is 2.95. The van der Waals surface area contributed by atoms with Gasteiger partial charge in [0.25, 0.3) is 0 Å². The number of carbonyl (C=O) groups excluding carboxylic acids is 1. The Morgan fingerprint density at radius 2 is 1.85 bits per heavy atom. The normalized spacial score (nSPS) is 22.7. The zero-order chi connectivity index (χ0) is 9.95. The third-order valence-corrected chi connectivity index (χ3v) is 2.29. The number of rotatable bonds is 2. The van der Waals surface area contributed by atoms with Crippen LogP contribution >= 0.6 is 0 Å². The highest BCUT2D eigenvalue weighted by molar-refractivity contribution is 5.59. The summed E-state index contributed by atoms with van der Waals surface area (Å²) in [6.45, 7) is 0.490. The van der Waals surface area contributed by atoms with Gasteiger partial charge in [0.15, 0.2) is 0 Å². The summed E-state index contributed by atoms with van der Waals surface area (Å²) in [5.41, 5.74) is -1.23. The topological polar surface area (TPSA) is 26.3 Å². The van der Waals surface area contributed by atoms with Crippen LogP contribution in [0.1, 0.15) is 19.3 Å². The first-order chi connectivity index (χ1) is 5.97. The van der Waals surface area contributed by atoms with Crippen LogP contribution in [0, 0.1) is 5.41 Å². The van der Waals surface area contributed by atoms with Crippen LogP contribution in [-0.2, 0) is 9.53 Å². The predicted octanol–water partition coefficient (Wildman–Crippen LogP) is 1.93. The number of halogens is 3. The zero-order valence-electron chi connectivity index (χ0n) is 7.06. The Morgan fingerprint density at radius 3 is 2.23 bits per heavy atom. The molecule has 0 bridgehead atoms. The molecule has 0 aromatic carbocycles. The van der Waals surface area contributed by atoms with Crippen LogP contribution < -0.4 is 0 Å². The molecule has 0 spiro atoms. The van der Waals surface area contributed by atoms with E-state index in [-0.39, 0.29) is 26.1 Å². The number of hydrogen-bond acceptors (Lipinski definition) is 2. The predicted molar refractivity (Wildman–Crippen MR) is 39.2 cm³/mol. The Labute approximate surface area is 74.1 Å². The van der Waals surface area contributed by atoms with Gasteiger partial charge in [-0.3, -0.25) is 0 Å². The lowest BCUT2D eigenvalue weighted by Crippen LogP contribution is -2.35. The fraction of sp³-hybridized carbons (Fsp3) is 0.875. The molecule has 0 aromatic rings. The number of hydrogen-bond donors (Lipinski definition) is 0. The SMILES string of the molecule is O=CC1(CC(F)(F)F)CCOCC1. The molecule has 0 aliphatic carbocycles. The maximum Gasteiger partial charge on any atom is 0.390 e. The van der Waals surface area contributed by atoms with Crippen molar-refractivity contribution in [2.45, 2.75) is 25.4 Å². The van der Waals surface area contributed by atoms with E-state index in [0.717, 1.165) is 0 Å². The summed E-state index contributed by atoms with van der Waals surface area (Å²) in [4.78, 5) is 10.6. The zero-order valence-corrected chi connectivity index (χ0v) is 7.06. The van der Waals surface area contributed by atoms with E-state index in [0.29, 0.717) is 6.29 Å². The van der Waals surface area contributed by atoms with Crippen molar-refractivity contribution in [1.82, 2.24) is 0 Å². The summed E-state index contributed by atoms with van der Waals surface area (Å²) in [6.07, 6.45) is -4.50. The van der Waals surface area contributed by atoms with Gasteiger partial charge < -0.3 is 9.53 Å². The summed E-state index contributed by atoms with van der Waals surface area (Å²) in [5.74, 6) is 0. The molecule has 0 radical (unpaired) electrons. The summed E-state index contributed by atoms with van der Waals surface area (Å²) in [5, 5.41) is 0. The largest absolute Gasteiger partial charge is 0.390 e. The van der Waals surface area contributed by atoms with E-state index >= 15 is 0 Å². The summed E-state index contributed by atoms with van der Waals surface area (Å²) in [7, 11) is 0. The Morgan fingerprint density at radius 1 is 1.31 bits per heavy atom. The van der Waals surface area contributed by atoms with E-state index in [4.69, 9.17) is 4.74 Å². The molecule has 5 heteroatoms. The van der Waals surface area contributed by atoms with Crippen LogP contribution in [0.15, 0.2) is 0 Å². The van der Waals surface area contributed by atoms with Crippen LogP contribution in [0.2, 0.25) is 0 Å². The Balaban J connectivity index is 2.63. The van der Waals surface area contributed by atoms with Crippen molar-refractivity contribution in [3.8, 4) is 0 Å². The van der Waals surface area contributed by atoms with E-state index in [2.05, 4.69) is 0 Å². The molecule has 1 aliphatic rings. The highest BCUT2D eigenvalue weighted by Crippen LogP contribution is 2.39. The van der Waals surface area contributed by atoms with Crippen LogP contribution in [-0.4, -0.2) is 25.7 Å². The second kappa shape index (κ2) is 3.65. The van der Waals surface area contributed by atoms with Crippen molar-refractivity contribution in [3.05, 3.63) is 0 Å². The van der Waals surface area contributed by atoms with Crippen LogP contribution in [0.3, 0.4) is 0 Å². The fourth-order valence-electron chi connectivity index (χ4n) is 1.51. The second-order valence-corrected chi connectivity index (χ2v) is 3.38. The first-order valence-corrected chi connectivity index (χ1v) is 4.08. The molecule has 1 rings (SSSR count). The molecule has 0 amide bonds. The average Bonchev–Trinajstić information content (AvgIpc) is 2.03. The lowest BCUT2D eigenvalue weighted by atomic mass is 9.78.